The molecule has 1 atom stereocenters. The number of nitriles is 1. The van der Waals surface area contributed by atoms with Crippen molar-refractivity contribution in [3.63, 3.8) is 0 Å². The number of hydrogen-bond donors (Lipinski definition) is 2. The molecule has 3 heterocycles. The second-order valence-corrected chi connectivity index (χ2v) is 8.76. The van der Waals surface area contributed by atoms with Crippen LogP contribution in [-0.4, -0.2) is 30.6 Å². The zero-order valence-corrected chi connectivity index (χ0v) is 19.7. The Morgan fingerprint density at radius 3 is 2.58 bits per heavy atom. The average Bonchev–Trinajstić information content (AvgIpc) is 2.89. The highest BCUT2D eigenvalue weighted by atomic mass is 19.4. The normalized spacial score (nSPS) is 21.3. The molecule has 1 aromatic carbocycles. The molecule has 1 saturated heterocycles. The third-order valence-electron chi connectivity index (χ3n) is 6.83. The van der Waals surface area contributed by atoms with Gasteiger partial charge in [0.15, 0.2) is 5.72 Å². The molecule has 1 aromatic heterocycles. The maximum absolute atomic E-state index is 13.1. The van der Waals surface area contributed by atoms with Crippen LogP contribution in [0.5, 0.6) is 0 Å². The molecule has 7 nitrogen and oxygen atoms in total. The van der Waals surface area contributed by atoms with E-state index in [0.717, 1.165) is 17.7 Å². The Hall–Kier alpha value is -3.84. The van der Waals surface area contributed by atoms with Gasteiger partial charge in [-0.05, 0) is 55.7 Å². The fourth-order valence-electron chi connectivity index (χ4n) is 4.83. The number of nitrogens with one attached hydrogen (secondary N) is 1. The number of benzene rings is 1. The van der Waals surface area contributed by atoms with Gasteiger partial charge in [0.05, 0.1) is 22.2 Å². The SMILES string of the molecule is CCOC1(c2cccnc2)C=CC(C2(C(N)=O)CCN(c3ccc(C(F)(F)F)cc3C#N)CC2)=CN1. The second-order valence-electron chi connectivity index (χ2n) is 8.76. The molecule has 36 heavy (non-hydrogen) atoms. The summed E-state index contributed by atoms with van der Waals surface area (Å²) in [5.74, 6) is -0.488. The Labute approximate surface area is 207 Å². The summed E-state index contributed by atoms with van der Waals surface area (Å²) in [6, 6.07) is 8.69. The molecule has 0 radical (unpaired) electrons. The van der Waals surface area contributed by atoms with Gasteiger partial charge in [-0.1, -0.05) is 12.1 Å². The first-order valence-corrected chi connectivity index (χ1v) is 11.5. The number of halogens is 3. The summed E-state index contributed by atoms with van der Waals surface area (Å²) in [6.07, 6.45) is 4.91. The van der Waals surface area contributed by atoms with Gasteiger partial charge in [0, 0.05) is 43.9 Å². The molecule has 10 heteroatoms. The summed E-state index contributed by atoms with van der Waals surface area (Å²) in [4.78, 5) is 18.7. The van der Waals surface area contributed by atoms with Gasteiger partial charge in [-0.25, -0.2) is 0 Å². The van der Waals surface area contributed by atoms with E-state index in [0.29, 0.717) is 43.8 Å². The second kappa shape index (κ2) is 9.66. The van der Waals surface area contributed by atoms with Gasteiger partial charge in [0.2, 0.25) is 5.91 Å². The van der Waals surface area contributed by atoms with E-state index in [1.165, 1.54) is 6.07 Å². The fraction of sp³-hybridized carbons (Fsp3) is 0.346. The van der Waals surface area contributed by atoms with Crippen LogP contribution >= 0.6 is 0 Å². The quantitative estimate of drug-likeness (QED) is 0.626. The van der Waals surface area contributed by atoms with Crippen molar-refractivity contribution in [1.82, 2.24) is 10.3 Å². The highest BCUT2D eigenvalue weighted by molar-refractivity contribution is 5.85. The molecule has 2 aliphatic rings. The lowest BCUT2D eigenvalue weighted by Crippen LogP contribution is -2.50. The van der Waals surface area contributed by atoms with Crippen LogP contribution in [0.2, 0.25) is 0 Å². The summed E-state index contributed by atoms with van der Waals surface area (Å²) < 4.78 is 45.2. The van der Waals surface area contributed by atoms with Gasteiger partial charge in [-0.3, -0.25) is 9.78 Å². The lowest BCUT2D eigenvalue weighted by atomic mass is 9.70. The van der Waals surface area contributed by atoms with Crippen LogP contribution in [0.15, 0.2) is 66.7 Å². The van der Waals surface area contributed by atoms with E-state index >= 15 is 0 Å². The minimum Gasteiger partial charge on any atom is -0.370 e. The van der Waals surface area contributed by atoms with E-state index in [-0.39, 0.29) is 5.56 Å². The third kappa shape index (κ3) is 4.54. The Morgan fingerprint density at radius 1 is 1.31 bits per heavy atom. The van der Waals surface area contributed by atoms with Gasteiger partial charge in [0.1, 0.15) is 6.07 Å². The first-order valence-electron chi connectivity index (χ1n) is 11.5. The van der Waals surface area contributed by atoms with Crippen LogP contribution in [-0.2, 0) is 21.4 Å². The number of dihydropyridines is 1. The minimum atomic E-state index is -4.54. The van der Waals surface area contributed by atoms with Crippen LogP contribution < -0.4 is 16.0 Å². The van der Waals surface area contributed by atoms with Gasteiger partial charge < -0.3 is 20.7 Å². The van der Waals surface area contributed by atoms with Crippen molar-refractivity contribution in [3.8, 4) is 6.07 Å². The average molecular weight is 498 g/mol. The van der Waals surface area contributed by atoms with E-state index in [9.17, 15) is 23.2 Å². The van der Waals surface area contributed by atoms with Crippen LogP contribution in [0, 0.1) is 16.7 Å². The summed E-state index contributed by atoms with van der Waals surface area (Å²) in [7, 11) is 0. The number of carbonyl (C=O) groups excluding carboxylic acids is 1. The zero-order valence-electron chi connectivity index (χ0n) is 19.7. The van der Waals surface area contributed by atoms with Crippen molar-refractivity contribution in [2.45, 2.75) is 31.7 Å². The largest absolute Gasteiger partial charge is 0.416 e. The molecular formula is C26H26F3N5O2. The molecule has 0 aliphatic carbocycles. The summed E-state index contributed by atoms with van der Waals surface area (Å²) in [5, 5.41) is 12.7. The molecule has 0 bridgehead atoms. The fourth-order valence-corrected chi connectivity index (χ4v) is 4.83. The molecule has 3 N–H and O–H groups in total. The number of hydrogen-bond acceptors (Lipinski definition) is 6. The molecule has 2 aromatic rings. The van der Waals surface area contributed by atoms with Crippen molar-refractivity contribution in [2.75, 3.05) is 24.6 Å². The number of allylic oxidation sites excluding steroid dienone is 1. The number of ether oxygens (including phenoxy) is 1. The van der Waals surface area contributed by atoms with Crippen molar-refractivity contribution < 1.29 is 22.7 Å². The maximum atomic E-state index is 13.1. The molecule has 0 saturated carbocycles. The van der Waals surface area contributed by atoms with Crippen LogP contribution in [0.25, 0.3) is 0 Å². The maximum Gasteiger partial charge on any atom is 0.416 e. The number of primary amides is 1. The first-order chi connectivity index (χ1) is 17.1. The van der Waals surface area contributed by atoms with Crippen LogP contribution in [0.4, 0.5) is 18.9 Å². The highest BCUT2D eigenvalue weighted by Gasteiger charge is 2.45. The van der Waals surface area contributed by atoms with E-state index in [1.54, 1.807) is 18.6 Å². The monoisotopic (exact) mass is 497 g/mol. The molecular weight excluding hydrogens is 471 g/mol. The number of alkyl halides is 3. The summed E-state index contributed by atoms with van der Waals surface area (Å²) in [5.41, 5.74) is 4.95. The smallest absolute Gasteiger partial charge is 0.370 e. The lowest BCUT2D eigenvalue weighted by molar-refractivity contribution is -0.137. The molecule has 2 aliphatic heterocycles. The van der Waals surface area contributed by atoms with Crippen LogP contribution in [0.3, 0.4) is 0 Å². The Kier molecular flexibility index (Phi) is 6.78. The molecule has 0 spiro atoms. The van der Waals surface area contributed by atoms with Crippen molar-refractivity contribution in [1.29, 1.82) is 5.26 Å². The number of amides is 1. The minimum absolute atomic E-state index is 0.0622. The summed E-state index contributed by atoms with van der Waals surface area (Å²) in [6.45, 7) is 2.99. The number of nitrogens with two attached hydrogens (primary N) is 1. The van der Waals surface area contributed by atoms with E-state index < -0.39 is 28.8 Å². The van der Waals surface area contributed by atoms with Crippen molar-refractivity contribution in [2.24, 2.45) is 11.1 Å². The van der Waals surface area contributed by atoms with Gasteiger partial charge in [-0.2, -0.15) is 18.4 Å². The number of carbonyl (C=O) groups is 1. The molecule has 1 amide bonds. The number of aromatic nitrogens is 1. The third-order valence-corrected chi connectivity index (χ3v) is 6.83. The first kappa shape index (κ1) is 25.3. The predicted molar refractivity (Wildman–Crippen MR) is 127 cm³/mol. The van der Waals surface area contributed by atoms with Crippen molar-refractivity contribution >= 4 is 11.6 Å². The van der Waals surface area contributed by atoms with E-state index in [1.807, 2.05) is 42.2 Å². The van der Waals surface area contributed by atoms with Gasteiger partial charge in [-0.15, -0.1) is 0 Å². The molecule has 4 rings (SSSR count). The Morgan fingerprint density at radius 2 is 2.06 bits per heavy atom. The lowest BCUT2D eigenvalue weighted by Gasteiger charge is -2.43. The van der Waals surface area contributed by atoms with Crippen molar-refractivity contribution in [3.05, 3.63) is 83.3 Å². The molecule has 1 fully saturated rings. The number of nitrogens with zero attached hydrogens (tertiary/aromatic N) is 3. The number of rotatable bonds is 6. The van der Waals surface area contributed by atoms with Crippen LogP contribution in [0.1, 0.15) is 36.5 Å². The van der Waals surface area contributed by atoms with E-state index in [2.05, 4.69) is 10.3 Å². The summed E-state index contributed by atoms with van der Waals surface area (Å²) >= 11 is 0. The topological polar surface area (TPSA) is 104 Å². The molecule has 188 valence electrons. The Bertz CT molecular complexity index is 1230. The Balaban J connectivity index is 1.57. The van der Waals surface area contributed by atoms with Gasteiger partial charge >= 0.3 is 6.18 Å². The zero-order chi connectivity index (χ0) is 26.0. The highest BCUT2D eigenvalue weighted by Crippen LogP contribution is 2.43. The number of anilines is 1. The molecule has 1 unspecified atom stereocenters. The number of pyridine rings is 1. The number of piperidine rings is 1. The predicted octanol–water partition coefficient (Wildman–Crippen LogP) is 3.98. The van der Waals surface area contributed by atoms with E-state index in [4.69, 9.17) is 10.5 Å². The van der Waals surface area contributed by atoms with Gasteiger partial charge in [0.25, 0.3) is 0 Å². The standard InChI is InChI=1S/C26H26F3N5O2/c1-2-36-25(21-4-3-11-32-16-21)8-7-20(17-33-25)24(23(31)35)9-12-34(13-10-24)22-6-5-19(26(27,28)29)14-18(22)15-30/h3-8,11,14,16-17,33H,2,9-10,12-13H2,1H3,(H2,31,35).